The number of alkyl halides is 3. The number of hydrogen-bond donors (Lipinski definition) is 2. The van der Waals surface area contributed by atoms with E-state index >= 15 is 0 Å². The van der Waals surface area contributed by atoms with Gasteiger partial charge >= 0.3 is 17.0 Å². The Morgan fingerprint density at radius 2 is 1.69 bits per heavy atom. The maximum Gasteiger partial charge on any atom is 0.416 e. The van der Waals surface area contributed by atoms with Gasteiger partial charge in [0.25, 0.3) is 5.91 Å². The number of halogens is 3. The molecule has 4 aliphatic rings. The number of ether oxygens (including phenoxy) is 2. The zero-order valence-electron chi connectivity index (χ0n) is 27.3. The number of thioether (sulfide) groups is 1. The summed E-state index contributed by atoms with van der Waals surface area (Å²) in [6.45, 7) is 1.47. The number of fused-ring (bicyclic) bond motifs is 9. The fraction of sp³-hybridized carbons (Fsp3) is 0.324. The first-order chi connectivity index (χ1) is 24.9. The number of aromatic amines is 1. The Hall–Kier alpha value is -4.89. The number of aromatic nitrogens is 1. The topological polar surface area (TPSA) is 135 Å². The van der Waals surface area contributed by atoms with Gasteiger partial charge in [-0.2, -0.15) is 13.2 Å². The predicted molar refractivity (Wildman–Crippen MR) is 185 cm³/mol. The van der Waals surface area contributed by atoms with Crippen LogP contribution in [-0.2, 0) is 25.3 Å². The molecule has 3 heterocycles. The van der Waals surface area contributed by atoms with Crippen LogP contribution in [0.25, 0.3) is 0 Å². The summed E-state index contributed by atoms with van der Waals surface area (Å²) >= 11 is 2.67. The van der Waals surface area contributed by atoms with Gasteiger partial charge in [0.1, 0.15) is 5.75 Å². The van der Waals surface area contributed by atoms with Crippen LogP contribution in [0, 0.1) is 29.6 Å². The first-order valence-electron chi connectivity index (χ1n) is 16.7. The Labute approximate surface area is 302 Å². The number of rotatable bonds is 8. The normalized spacial score (nSPS) is 25.8. The molecule has 52 heavy (non-hydrogen) atoms. The number of amides is 3. The van der Waals surface area contributed by atoms with E-state index < -0.39 is 42.1 Å². The fourth-order valence-corrected chi connectivity index (χ4v) is 11.4. The molecule has 3 fully saturated rings. The number of nitrogens with one attached hydrogen (secondary N) is 2. The molecule has 2 saturated carbocycles. The molecule has 1 aromatic heterocycles. The van der Waals surface area contributed by atoms with Crippen molar-refractivity contribution in [1.29, 1.82) is 0 Å². The number of benzene rings is 3. The zero-order chi connectivity index (χ0) is 36.5. The first-order valence-corrected chi connectivity index (χ1v) is 18.4. The third kappa shape index (κ3) is 5.79. The van der Waals surface area contributed by atoms with E-state index in [1.165, 1.54) is 17.0 Å². The van der Waals surface area contributed by atoms with Crippen molar-refractivity contribution in [3.63, 3.8) is 0 Å². The monoisotopic (exact) mass is 749 g/mol. The SMILES string of the molecule is CCOC(=O)c1ccc(N2C(=O)C3C4CC(C3C2=O)C2C4Sc3[nH]c(=O)sc3[C@@H]2c2cccc(OCC(=O)Nc3cccc(C(F)(F)F)c3)c2)cc1. The number of thiazole rings is 1. The molecule has 2 N–H and O–H groups in total. The van der Waals surface area contributed by atoms with Gasteiger partial charge in [-0.1, -0.05) is 29.5 Å². The van der Waals surface area contributed by atoms with Crippen molar-refractivity contribution in [1.82, 2.24) is 4.98 Å². The number of nitrogens with zero attached hydrogens (tertiary/aromatic N) is 1. The highest BCUT2D eigenvalue weighted by atomic mass is 32.2. The Kier molecular flexibility index (Phi) is 8.52. The molecule has 10 nitrogen and oxygen atoms in total. The minimum atomic E-state index is -4.56. The summed E-state index contributed by atoms with van der Waals surface area (Å²) in [6.07, 6.45) is -3.87. The quantitative estimate of drug-likeness (QED) is 0.158. The number of esters is 1. The average Bonchev–Trinajstić information content (AvgIpc) is 3.86. The Balaban J connectivity index is 1.04. The third-order valence-electron chi connectivity index (χ3n) is 10.4. The summed E-state index contributed by atoms with van der Waals surface area (Å²) in [5, 5.41) is 3.12. The van der Waals surface area contributed by atoms with Gasteiger partial charge in [0, 0.05) is 21.7 Å². The van der Waals surface area contributed by atoms with Crippen molar-refractivity contribution in [3.8, 4) is 5.75 Å². The van der Waals surface area contributed by atoms with Crippen LogP contribution >= 0.6 is 23.1 Å². The molecule has 3 aromatic carbocycles. The Morgan fingerprint density at radius 1 is 0.962 bits per heavy atom. The molecule has 2 bridgehead atoms. The lowest BCUT2D eigenvalue weighted by Gasteiger charge is -2.43. The summed E-state index contributed by atoms with van der Waals surface area (Å²) in [5.41, 5.74) is 0.629. The maximum absolute atomic E-state index is 14.1. The number of anilines is 2. The van der Waals surface area contributed by atoms with Gasteiger partial charge in [-0.3, -0.25) is 24.1 Å². The lowest BCUT2D eigenvalue weighted by Crippen LogP contribution is -2.42. The van der Waals surface area contributed by atoms with Crippen molar-refractivity contribution < 1.29 is 41.8 Å². The van der Waals surface area contributed by atoms with Crippen LogP contribution in [0.4, 0.5) is 24.5 Å². The predicted octanol–water partition coefficient (Wildman–Crippen LogP) is 6.33. The molecule has 3 amide bonds. The molecule has 8 rings (SSSR count). The zero-order valence-corrected chi connectivity index (χ0v) is 29.0. The van der Waals surface area contributed by atoms with Crippen LogP contribution < -0.4 is 19.8 Å². The lowest BCUT2D eigenvalue weighted by molar-refractivity contribution is -0.137. The van der Waals surface area contributed by atoms with Crippen LogP contribution in [0.3, 0.4) is 0 Å². The number of carbonyl (C=O) groups is 4. The second-order valence-electron chi connectivity index (χ2n) is 13.2. The van der Waals surface area contributed by atoms with Crippen molar-refractivity contribution >= 4 is 58.2 Å². The van der Waals surface area contributed by atoms with Gasteiger partial charge in [-0.15, -0.1) is 11.8 Å². The molecule has 2 aliphatic heterocycles. The van der Waals surface area contributed by atoms with E-state index in [-0.39, 0.29) is 57.9 Å². The highest BCUT2D eigenvalue weighted by molar-refractivity contribution is 8.00. The van der Waals surface area contributed by atoms with Gasteiger partial charge in [0.2, 0.25) is 11.8 Å². The molecule has 4 aromatic rings. The van der Waals surface area contributed by atoms with Crippen LogP contribution in [0.5, 0.6) is 5.75 Å². The van der Waals surface area contributed by atoms with E-state index in [0.29, 0.717) is 23.4 Å². The fourth-order valence-electron chi connectivity index (χ4n) is 8.52. The van der Waals surface area contributed by atoms with Crippen LogP contribution in [-0.4, -0.2) is 47.1 Å². The van der Waals surface area contributed by atoms with Gasteiger partial charge in [-0.25, -0.2) is 4.79 Å². The smallest absolute Gasteiger partial charge is 0.416 e. The molecule has 7 atom stereocenters. The van der Waals surface area contributed by atoms with Gasteiger partial charge in [0.05, 0.1) is 40.3 Å². The largest absolute Gasteiger partial charge is 0.484 e. The molecule has 6 unspecified atom stereocenters. The van der Waals surface area contributed by atoms with E-state index in [0.717, 1.165) is 38.9 Å². The average molecular weight is 750 g/mol. The molecule has 268 valence electrons. The van der Waals surface area contributed by atoms with Crippen molar-refractivity contribution in [2.24, 2.45) is 29.6 Å². The maximum atomic E-state index is 14.1. The molecule has 0 spiro atoms. The van der Waals surface area contributed by atoms with Gasteiger partial charge in [0.15, 0.2) is 6.61 Å². The highest BCUT2D eigenvalue weighted by Crippen LogP contribution is 2.68. The first kappa shape index (κ1) is 34.2. The number of carbonyl (C=O) groups excluding carboxylic acids is 4. The lowest BCUT2D eigenvalue weighted by atomic mass is 9.68. The van der Waals surface area contributed by atoms with Gasteiger partial charge in [-0.05, 0) is 91.3 Å². The van der Waals surface area contributed by atoms with E-state index in [2.05, 4.69) is 10.3 Å². The molecule has 0 radical (unpaired) electrons. The Bertz CT molecular complexity index is 2170. The standard InChI is InChI=1S/C37H30F3N3O7S2/c1-2-49-35(47)17-9-11-21(12-10-17)43-33(45)28-23-15-24(29(28)34(43)46)30-27(23)26(31-32(51-30)42-36(48)52-31)18-5-3-8-22(13-18)50-16-25(44)41-20-7-4-6-19(14-20)37(38,39)40/h3-14,23-24,26-30H,2,15-16H2,1H3,(H,41,44)(H,42,48)/t23?,24?,26-,27?,28?,29?,30?/m1/s1. The van der Waals surface area contributed by atoms with Crippen LogP contribution in [0.15, 0.2) is 82.6 Å². The van der Waals surface area contributed by atoms with Crippen molar-refractivity contribution in [2.75, 3.05) is 23.4 Å². The summed E-state index contributed by atoms with van der Waals surface area (Å²) in [5.74, 6) is -3.01. The highest BCUT2D eigenvalue weighted by Gasteiger charge is 2.69. The van der Waals surface area contributed by atoms with E-state index in [1.807, 2.05) is 6.07 Å². The number of H-pyrrole nitrogens is 1. The summed E-state index contributed by atoms with van der Waals surface area (Å²) in [4.78, 5) is 70.5. The minimum absolute atomic E-state index is 0.0143. The van der Waals surface area contributed by atoms with E-state index in [9.17, 15) is 37.1 Å². The van der Waals surface area contributed by atoms with Crippen LogP contribution in [0.1, 0.15) is 45.6 Å². The molecular formula is C37H30F3N3O7S2. The Morgan fingerprint density at radius 3 is 2.42 bits per heavy atom. The second kappa shape index (κ2) is 13.0. The minimum Gasteiger partial charge on any atom is -0.484 e. The number of hydrogen-bond acceptors (Lipinski definition) is 9. The van der Waals surface area contributed by atoms with Crippen molar-refractivity contribution in [3.05, 3.63) is 104 Å². The van der Waals surface area contributed by atoms with Gasteiger partial charge < -0.3 is 19.8 Å². The number of imide groups is 1. The van der Waals surface area contributed by atoms with E-state index in [4.69, 9.17) is 9.47 Å². The molecule has 1 saturated heterocycles. The summed E-state index contributed by atoms with van der Waals surface area (Å²) in [6, 6.07) is 17.7. The van der Waals surface area contributed by atoms with E-state index in [1.54, 1.807) is 61.2 Å². The summed E-state index contributed by atoms with van der Waals surface area (Å²) in [7, 11) is 0. The molecule has 2 aliphatic carbocycles. The van der Waals surface area contributed by atoms with Crippen molar-refractivity contribution in [2.45, 2.75) is 35.7 Å². The third-order valence-corrected chi connectivity index (χ3v) is 13.0. The summed E-state index contributed by atoms with van der Waals surface area (Å²) < 4.78 is 50.2. The molecular weight excluding hydrogens is 720 g/mol. The molecule has 15 heteroatoms. The second-order valence-corrected chi connectivity index (χ2v) is 15.4. The van der Waals surface area contributed by atoms with Crippen LogP contribution in [0.2, 0.25) is 0 Å².